The van der Waals surface area contributed by atoms with Crippen molar-refractivity contribution < 1.29 is 24.2 Å². The molecule has 0 radical (unpaired) electrons. The van der Waals surface area contributed by atoms with Crippen molar-refractivity contribution >= 4 is 48.4 Å². The average Bonchev–Trinajstić information content (AvgIpc) is 3.26. The molecule has 5 atom stereocenters. The van der Waals surface area contributed by atoms with Crippen molar-refractivity contribution in [2.75, 3.05) is 11.9 Å². The van der Waals surface area contributed by atoms with Gasteiger partial charge in [0.2, 0.25) is 5.91 Å². The lowest BCUT2D eigenvalue weighted by molar-refractivity contribution is -0.149. The lowest BCUT2D eigenvalue weighted by atomic mass is 9.82. The molecular weight excluding hydrogens is 575 g/mol. The summed E-state index contributed by atoms with van der Waals surface area (Å²) in [6.45, 7) is 5.97. The molecule has 1 spiro atoms. The third-order valence-corrected chi connectivity index (χ3v) is 11.1. The highest BCUT2D eigenvalue weighted by Gasteiger charge is 2.65. The predicted octanol–water partition coefficient (Wildman–Crippen LogP) is 3.38. The number of rotatable bonds is 4. The minimum absolute atomic E-state index is 0.0545. The Bertz CT molecular complexity index is 1180. The Morgan fingerprint density at radius 3 is 2.66 bits per heavy atom. The molecule has 1 saturated heterocycles. The van der Waals surface area contributed by atoms with Gasteiger partial charge in [0.1, 0.15) is 0 Å². The van der Waals surface area contributed by atoms with Gasteiger partial charge in [-0.2, -0.15) is 0 Å². The molecule has 186 valence electrons. The van der Waals surface area contributed by atoms with Crippen LogP contribution in [0.4, 0.5) is 5.69 Å². The molecule has 0 saturated carbocycles. The predicted molar refractivity (Wildman–Crippen MR) is 143 cm³/mol. The summed E-state index contributed by atoms with van der Waals surface area (Å²) in [6, 6.07) is 13.5. The highest BCUT2D eigenvalue weighted by Crippen LogP contribution is 2.58. The molecule has 35 heavy (non-hydrogen) atoms. The number of ether oxygens (including phenoxy) is 1. The zero-order chi connectivity index (χ0) is 25.1. The standard InChI is InChI=1S/C26H31IN2O5Si/c1-15-24(35(2,3)33)22(34-26(15)20-11-18(27)8-9-21(20)28-25(26)32)12-23(31)29-13-17-7-5-4-6-16(17)10-19(29)14-30/h4-9,11,15,19,22,24,30,33H,10,12-14H2,1-3H3,(H,28,32)/t15-,19-,22+,24-,26+/m0/s1. The monoisotopic (exact) mass is 606 g/mol. The number of fused-ring (bicyclic) bond motifs is 3. The van der Waals surface area contributed by atoms with Gasteiger partial charge < -0.3 is 24.9 Å². The fraction of sp³-hybridized carbons (Fsp3) is 0.462. The number of amides is 2. The molecule has 3 aliphatic heterocycles. The molecule has 2 amide bonds. The Morgan fingerprint density at radius 2 is 1.97 bits per heavy atom. The average molecular weight is 607 g/mol. The summed E-state index contributed by atoms with van der Waals surface area (Å²) in [5.41, 5.74) is 2.18. The van der Waals surface area contributed by atoms with Crippen LogP contribution in [0.5, 0.6) is 0 Å². The molecular formula is C26H31IN2O5Si. The molecule has 0 bridgehead atoms. The van der Waals surface area contributed by atoms with Crippen LogP contribution in [-0.4, -0.2) is 53.7 Å². The molecule has 5 rings (SSSR count). The van der Waals surface area contributed by atoms with Gasteiger partial charge in [-0.15, -0.1) is 0 Å². The molecule has 2 aromatic carbocycles. The van der Waals surface area contributed by atoms with Crippen molar-refractivity contribution in [1.29, 1.82) is 0 Å². The van der Waals surface area contributed by atoms with Crippen molar-refractivity contribution in [3.8, 4) is 0 Å². The van der Waals surface area contributed by atoms with Crippen molar-refractivity contribution in [1.82, 2.24) is 4.90 Å². The molecule has 0 aromatic heterocycles. The molecule has 2 aromatic rings. The number of nitrogens with zero attached hydrogens (tertiary/aromatic N) is 1. The van der Waals surface area contributed by atoms with Crippen LogP contribution >= 0.6 is 22.6 Å². The summed E-state index contributed by atoms with van der Waals surface area (Å²) in [5, 5.41) is 13.0. The summed E-state index contributed by atoms with van der Waals surface area (Å²) in [7, 11) is -2.83. The lowest BCUT2D eigenvalue weighted by Crippen LogP contribution is -2.48. The fourth-order valence-electron chi connectivity index (χ4n) is 6.40. The highest BCUT2D eigenvalue weighted by atomic mass is 127. The van der Waals surface area contributed by atoms with Crippen LogP contribution in [0.25, 0.3) is 0 Å². The zero-order valence-corrected chi connectivity index (χ0v) is 23.3. The maximum atomic E-state index is 13.7. The molecule has 1 fully saturated rings. The number of aliphatic hydroxyl groups excluding tert-OH is 1. The summed E-state index contributed by atoms with van der Waals surface area (Å²) < 4.78 is 7.59. The van der Waals surface area contributed by atoms with Crippen LogP contribution in [0, 0.1) is 9.49 Å². The quantitative estimate of drug-likeness (QED) is 0.367. The van der Waals surface area contributed by atoms with Gasteiger partial charge in [0.15, 0.2) is 13.9 Å². The smallest absolute Gasteiger partial charge is 0.261 e. The maximum Gasteiger partial charge on any atom is 0.261 e. The Morgan fingerprint density at radius 1 is 1.26 bits per heavy atom. The highest BCUT2D eigenvalue weighted by molar-refractivity contribution is 14.1. The van der Waals surface area contributed by atoms with Crippen LogP contribution in [-0.2, 0) is 32.9 Å². The number of carbonyl (C=O) groups is 2. The maximum absolute atomic E-state index is 13.7. The Labute approximate surface area is 220 Å². The molecule has 3 N–H and O–H groups in total. The van der Waals surface area contributed by atoms with E-state index in [1.807, 2.05) is 62.5 Å². The van der Waals surface area contributed by atoms with Gasteiger partial charge in [-0.05, 0) is 71.4 Å². The van der Waals surface area contributed by atoms with Gasteiger partial charge >= 0.3 is 0 Å². The van der Waals surface area contributed by atoms with Gasteiger partial charge in [-0.25, -0.2) is 0 Å². The Hall–Kier alpha value is -1.79. The van der Waals surface area contributed by atoms with E-state index in [4.69, 9.17) is 4.74 Å². The van der Waals surface area contributed by atoms with Crippen LogP contribution in [0.2, 0.25) is 18.6 Å². The minimum Gasteiger partial charge on any atom is -0.432 e. The molecule has 0 aliphatic carbocycles. The van der Waals surface area contributed by atoms with Crippen molar-refractivity contribution in [2.24, 2.45) is 5.92 Å². The van der Waals surface area contributed by atoms with Gasteiger partial charge in [0, 0.05) is 32.8 Å². The van der Waals surface area contributed by atoms with E-state index in [1.54, 1.807) is 4.90 Å². The van der Waals surface area contributed by atoms with E-state index in [0.717, 1.165) is 25.9 Å². The minimum atomic E-state index is -2.83. The molecule has 7 nitrogen and oxygen atoms in total. The third kappa shape index (κ3) is 4.05. The van der Waals surface area contributed by atoms with Crippen LogP contribution in [0.1, 0.15) is 30.0 Å². The molecule has 3 aliphatic rings. The van der Waals surface area contributed by atoms with Gasteiger partial charge in [0.25, 0.3) is 5.91 Å². The van der Waals surface area contributed by atoms with E-state index in [2.05, 4.69) is 27.9 Å². The normalized spacial score (nSPS) is 29.8. The first kappa shape index (κ1) is 24.9. The second kappa shape index (κ2) is 8.95. The van der Waals surface area contributed by atoms with E-state index >= 15 is 0 Å². The second-order valence-corrected chi connectivity index (χ2v) is 15.8. The largest absolute Gasteiger partial charge is 0.432 e. The summed E-state index contributed by atoms with van der Waals surface area (Å²) in [4.78, 5) is 40.1. The molecule has 0 unspecified atom stereocenters. The van der Waals surface area contributed by atoms with E-state index in [0.29, 0.717) is 13.0 Å². The number of hydrogen-bond donors (Lipinski definition) is 3. The number of benzene rings is 2. The van der Waals surface area contributed by atoms with Crippen LogP contribution < -0.4 is 5.32 Å². The zero-order valence-electron chi connectivity index (χ0n) is 20.1. The van der Waals surface area contributed by atoms with Crippen molar-refractivity contribution in [3.63, 3.8) is 0 Å². The number of halogens is 1. The topological polar surface area (TPSA) is 99.1 Å². The van der Waals surface area contributed by atoms with Gasteiger partial charge in [0.05, 0.1) is 25.2 Å². The SMILES string of the molecule is C[C@H]1[C@H]([Si](C)(C)O)[C@@H](CC(=O)N2Cc3ccccc3C[C@H]2CO)O[C@]12C(=O)Nc1ccc(I)cc12. The number of aliphatic hydroxyl groups is 1. The first-order valence-electron chi connectivity index (χ1n) is 12.0. The van der Waals surface area contributed by atoms with Crippen molar-refractivity contribution in [3.05, 3.63) is 62.7 Å². The first-order chi connectivity index (χ1) is 16.6. The number of hydrogen-bond acceptors (Lipinski definition) is 5. The lowest BCUT2D eigenvalue weighted by Gasteiger charge is -2.37. The number of carbonyl (C=O) groups excluding carboxylic acids is 2. The summed E-state index contributed by atoms with van der Waals surface area (Å²) >= 11 is 2.22. The molecule has 9 heteroatoms. The Balaban J connectivity index is 1.47. The van der Waals surface area contributed by atoms with Crippen LogP contribution in [0.15, 0.2) is 42.5 Å². The fourth-order valence-corrected chi connectivity index (χ4v) is 9.45. The van der Waals surface area contributed by atoms with E-state index in [-0.39, 0.29) is 42.3 Å². The van der Waals surface area contributed by atoms with Gasteiger partial charge in [-0.3, -0.25) is 9.59 Å². The van der Waals surface area contributed by atoms with Gasteiger partial charge in [-0.1, -0.05) is 31.2 Å². The van der Waals surface area contributed by atoms with Crippen LogP contribution in [0.3, 0.4) is 0 Å². The second-order valence-electron chi connectivity index (χ2n) is 10.5. The first-order valence-corrected chi connectivity index (χ1v) is 16.2. The number of nitrogens with one attached hydrogen (secondary N) is 1. The molecule has 3 heterocycles. The number of anilines is 1. The Kier molecular flexibility index (Phi) is 6.36. The van der Waals surface area contributed by atoms with E-state index in [1.165, 1.54) is 0 Å². The summed E-state index contributed by atoms with van der Waals surface area (Å²) in [6.07, 6.45) is 0.0523. The van der Waals surface area contributed by atoms with E-state index in [9.17, 15) is 19.5 Å². The van der Waals surface area contributed by atoms with Crippen molar-refractivity contribution in [2.45, 2.75) is 62.7 Å². The van der Waals surface area contributed by atoms with E-state index < -0.39 is 20.0 Å². The third-order valence-electron chi connectivity index (χ3n) is 7.96. The summed E-state index contributed by atoms with van der Waals surface area (Å²) in [5.74, 6) is -0.667.